The third-order valence-corrected chi connectivity index (χ3v) is 3.58. The number of hydrogen-bond acceptors (Lipinski definition) is 5. The lowest BCUT2D eigenvalue weighted by Crippen LogP contribution is -2.23. The van der Waals surface area contributed by atoms with E-state index >= 15 is 0 Å². The van der Waals surface area contributed by atoms with Crippen molar-refractivity contribution in [1.29, 1.82) is 0 Å². The number of aryl methyl sites for hydroxylation is 1. The fourth-order valence-corrected chi connectivity index (χ4v) is 2.47. The summed E-state index contributed by atoms with van der Waals surface area (Å²) >= 11 is 0. The molecule has 21 heavy (non-hydrogen) atoms. The molecule has 0 saturated heterocycles. The van der Waals surface area contributed by atoms with Gasteiger partial charge in [0, 0.05) is 19.3 Å². The van der Waals surface area contributed by atoms with E-state index in [9.17, 15) is 4.79 Å². The molecule has 118 valence electrons. The van der Waals surface area contributed by atoms with Crippen LogP contribution in [0.4, 0.5) is 0 Å². The number of rotatable bonds is 7. The van der Waals surface area contributed by atoms with Crippen LogP contribution in [-0.4, -0.2) is 21.7 Å². The molecule has 1 aromatic heterocycles. The van der Waals surface area contributed by atoms with Crippen LogP contribution in [0, 0.1) is 12.8 Å². The van der Waals surface area contributed by atoms with Gasteiger partial charge in [-0.25, -0.2) is 0 Å². The smallest absolute Gasteiger partial charge is 0.306 e. The molecule has 1 unspecified atom stereocenters. The Hall–Kier alpha value is -1.39. The Balaban J connectivity index is 1.80. The number of nitrogens with zero attached hydrogens (tertiary/aromatic N) is 2. The standard InChI is InChI=1S/C16H26N2O3/c1-11-17-15(18-21-11)13(10-12-8-9-12)6-5-7-14(19)20-16(2,3)4/h12-13H,5-10H2,1-4H3. The molecule has 0 spiro atoms. The van der Waals surface area contributed by atoms with E-state index in [4.69, 9.17) is 9.26 Å². The minimum atomic E-state index is -0.407. The third kappa shape index (κ3) is 5.86. The van der Waals surface area contributed by atoms with Crippen LogP contribution >= 0.6 is 0 Å². The maximum atomic E-state index is 11.7. The summed E-state index contributed by atoms with van der Waals surface area (Å²) in [5.41, 5.74) is -0.407. The van der Waals surface area contributed by atoms with Crippen LogP contribution in [0.25, 0.3) is 0 Å². The van der Waals surface area contributed by atoms with Gasteiger partial charge in [-0.1, -0.05) is 18.0 Å². The molecule has 0 amide bonds. The Morgan fingerprint density at radius 2 is 2.14 bits per heavy atom. The SMILES string of the molecule is Cc1nc(C(CCCC(=O)OC(C)(C)C)CC2CC2)no1. The van der Waals surface area contributed by atoms with E-state index in [1.807, 2.05) is 27.7 Å². The normalized spacial score (nSPS) is 16.8. The second kappa shape index (κ2) is 6.58. The molecule has 1 atom stereocenters. The third-order valence-electron chi connectivity index (χ3n) is 3.58. The molecule has 1 fully saturated rings. The highest BCUT2D eigenvalue weighted by Crippen LogP contribution is 2.39. The van der Waals surface area contributed by atoms with Gasteiger partial charge in [0.25, 0.3) is 0 Å². The molecule has 0 aliphatic heterocycles. The van der Waals surface area contributed by atoms with Gasteiger partial charge >= 0.3 is 5.97 Å². The number of aromatic nitrogens is 2. The van der Waals surface area contributed by atoms with Crippen LogP contribution in [0.1, 0.15) is 76.9 Å². The first-order chi connectivity index (χ1) is 9.83. The number of carbonyl (C=O) groups excluding carboxylic acids is 1. The van der Waals surface area contributed by atoms with Gasteiger partial charge in [0.1, 0.15) is 5.60 Å². The molecule has 1 aliphatic carbocycles. The van der Waals surface area contributed by atoms with Crippen LogP contribution in [0.2, 0.25) is 0 Å². The van der Waals surface area contributed by atoms with Gasteiger partial charge < -0.3 is 9.26 Å². The summed E-state index contributed by atoms with van der Waals surface area (Å²) in [7, 11) is 0. The fourth-order valence-electron chi connectivity index (χ4n) is 2.47. The second-order valence-corrected chi connectivity index (χ2v) is 7.03. The molecule has 1 aliphatic rings. The molecule has 1 aromatic rings. The summed E-state index contributed by atoms with van der Waals surface area (Å²) < 4.78 is 10.4. The van der Waals surface area contributed by atoms with Crippen molar-refractivity contribution in [3.05, 3.63) is 11.7 Å². The molecule has 1 saturated carbocycles. The van der Waals surface area contributed by atoms with Crippen molar-refractivity contribution < 1.29 is 14.1 Å². The summed E-state index contributed by atoms with van der Waals surface area (Å²) in [6.07, 6.45) is 5.88. The summed E-state index contributed by atoms with van der Waals surface area (Å²) in [5, 5.41) is 4.05. The molecular weight excluding hydrogens is 268 g/mol. The van der Waals surface area contributed by atoms with Crippen LogP contribution in [0.3, 0.4) is 0 Å². The van der Waals surface area contributed by atoms with E-state index in [1.165, 1.54) is 12.8 Å². The maximum absolute atomic E-state index is 11.7. The summed E-state index contributed by atoms with van der Waals surface area (Å²) in [6.45, 7) is 7.49. The van der Waals surface area contributed by atoms with Gasteiger partial charge in [-0.2, -0.15) is 4.98 Å². The maximum Gasteiger partial charge on any atom is 0.306 e. The average molecular weight is 294 g/mol. The van der Waals surface area contributed by atoms with Crippen molar-refractivity contribution in [2.24, 2.45) is 5.92 Å². The van der Waals surface area contributed by atoms with Crippen molar-refractivity contribution in [2.45, 2.75) is 77.7 Å². The monoisotopic (exact) mass is 294 g/mol. The zero-order chi connectivity index (χ0) is 15.5. The first kappa shape index (κ1) is 16.0. The van der Waals surface area contributed by atoms with E-state index in [-0.39, 0.29) is 5.97 Å². The summed E-state index contributed by atoms with van der Waals surface area (Å²) in [4.78, 5) is 16.1. The topological polar surface area (TPSA) is 65.2 Å². The second-order valence-electron chi connectivity index (χ2n) is 7.03. The van der Waals surface area contributed by atoms with Gasteiger partial charge in [-0.05, 0) is 46.0 Å². The highest BCUT2D eigenvalue weighted by atomic mass is 16.6. The lowest BCUT2D eigenvalue weighted by Gasteiger charge is -2.19. The molecule has 0 bridgehead atoms. The van der Waals surface area contributed by atoms with E-state index < -0.39 is 5.60 Å². The largest absolute Gasteiger partial charge is 0.460 e. The van der Waals surface area contributed by atoms with E-state index in [0.717, 1.165) is 31.0 Å². The lowest BCUT2D eigenvalue weighted by atomic mass is 9.95. The van der Waals surface area contributed by atoms with Crippen LogP contribution in [0.15, 0.2) is 4.52 Å². The van der Waals surface area contributed by atoms with Crippen molar-refractivity contribution in [1.82, 2.24) is 10.1 Å². The fraction of sp³-hybridized carbons (Fsp3) is 0.812. The highest BCUT2D eigenvalue weighted by Gasteiger charge is 2.28. The van der Waals surface area contributed by atoms with E-state index in [0.29, 0.717) is 18.2 Å². The predicted octanol–water partition coefficient (Wildman–Crippen LogP) is 3.77. The zero-order valence-corrected chi connectivity index (χ0v) is 13.5. The molecule has 2 rings (SSSR count). The van der Waals surface area contributed by atoms with Gasteiger partial charge in [0.05, 0.1) is 0 Å². The van der Waals surface area contributed by atoms with Crippen LogP contribution in [0.5, 0.6) is 0 Å². The molecule has 5 nitrogen and oxygen atoms in total. The Morgan fingerprint density at radius 1 is 1.43 bits per heavy atom. The molecule has 1 heterocycles. The number of ether oxygens (including phenoxy) is 1. The van der Waals surface area contributed by atoms with Gasteiger partial charge in [-0.3, -0.25) is 4.79 Å². The molecule has 0 radical (unpaired) electrons. The van der Waals surface area contributed by atoms with Crippen molar-refractivity contribution in [3.63, 3.8) is 0 Å². The van der Waals surface area contributed by atoms with Gasteiger partial charge in [0.15, 0.2) is 5.82 Å². The average Bonchev–Trinajstić information content (AvgIpc) is 3.06. The van der Waals surface area contributed by atoms with Crippen LogP contribution < -0.4 is 0 Å². The Morgan fingerprint density at radius 3 is 2.67 bits per heavy atom. The number of carbonyl (C=O) groups is 1. The first-order valence-corrected chi connectivity index (χ1v) is 7.85. The molecule has 0 N–H and O–H groups in total. The quantitative estimate of drug-likeness (QED) is 0.716. The highest BCUT2D eigenvalue weighted by molar-refractivity contribution is 5.69. The Labute approximate surface area is 126 Å². The first-order valence-electron chi connectivity index (χ1n) is 7.85. The van der Waals surface area contributed by atoms with Gasteiger partial charge in [0.2, 0.25) is 5.89 Å². The summed E-state index contributed by atoms with van der Waals surface area (Å²) in [5.74, 6) is 2.38. The van der Waals surface area contributed by atoms with Crippen molar-refractivity contribution in [3.8, 4) is 0 Å². The van der Waals surface area contributed by atoms with Crippen molar-refractivity contribution >= 4 is 5.97 Å². The Bertz CT molecular complexity index is 472. The summed E-state index contributed by atoms with van der Waals surface area (Å²) in [6, 6.07) is 0. The van der Waals surface area contributed by atoms with E-state index in [2.05, 4.69) is 10.1 Å². The number of hydrogen-bond donors (Lipinski definition) is 0. The minimum Gasteiger partial charge on any atom is -0.460 e. The van der Waals surface area contributed by atoms with E-state index in [1.54, 1.807) is 0 Å². The predicted molar refractivity (Wildman–Crippen MR) is 78.8 cm³/mol. The lowest BCUT2D eigenvalue weighted by molar-refractivity contribution is -0.154. The zero-order valence-electron chi connectivity index (χ0n) is 13.5. The minimum absolute atomic E-state index is 0.128. The number of esters is 1. The van der Waals surface area contributed by atoms with Gasteiger partial charge in [-0.15, -0.1) is 0 Å². The molecular formula is C16H26N2O3. The van der Waals surface area contributed by atoms with Crippen LogP contribution in [-0.2, 0) is 9.53 Å². The molecule has 5 heteroatoms. The molecule has 0 aromatic carbocycles. The van der Waals surface area contributed by atoms with Crippen molar-refractivity contribution in [2.75, 3.05) is 0 Å². The Kier molecular flexibility index (Phi) is 5.01.